The molecule has 0 rings (SSSR count). The zero-order valence-electron chi connectivity index (χ0n) is 9.05. The van der Waals surface area contributed by atoms with Crippen molar-refractivity contribution in [1.29, 1.82) is 0 Å². The highest BCUT2D eigenvalue weighted by molar-refractivity contribution is 5.75. The van der Waals surface area contributed by atoms with Crippen LogP contribution in [-0.2, 0) is 4.79 Å². The molecule has 4 N–H and O–H groups in total. The molecular weight excluding hydrogens is 225 g/mol. The Labute approximate surface area is 92.0 Å². The fourth-order valence-electron chi connectivity index (χ4n) is 0.999. The van der Waals surface area contributed by atoms with E-state index in [1.807, 2.05) is 5.32 Å². The van der Waals surface area contributed by atoms with Gasteiger partial charge in [-0.2, -0.15) is 13.2 Å². The molecule has 4 nitrogen and oxygen atoms in total. The van der Waals surface area contributed by atoms with E-state index in [0.29, 0.717) is 12.8 Å². The maximum absolute atomic E-state index is 11.8. The molecular formula is C9H17F3N2O2. The lowest BCUT2D eigenvalue weighted by molar-refractivity contribution is -0.201. The van der Waals surface area contributed by atoms with Crippen molar-refractivity contribution in [2.24, 2.45) is 5.73 Å². The monoisotopic (exact) mass is 242 g/mol. The number of amides is 1. The van der Waals surface area contributed by atoms with Gasteiger partial charge in [0, 0.05) is 12.5 Å². The van der Waals surface area contributed by atoms with E-state index >= 15 is 0 Å². The number of hydrogen-bond acceptors (Lipinski definition) is 3. The quantitative estimate of drug-likeness (QED) is 0.636. The molecule has 0 spiro atoms. The first-order valence-corrected chi connectivity index (χ1v) is 5.00. The van der Waals surface area contributed by atoms with Crippen LogP contribution >= 0.6 is 0 Å². The Hall–Kier alpha value is -0.820. The van der Waals surface area contributed by atoms with E-state index in [9.17, 15) is 18.0 Å². The van der Waals surface area contributed by atoms with Crippen LogP contribution in [0.25, 0.3) is 0 Å². The molecule has 0 bridgehead atoms. The second kappa shape index (κ2) is 6.70. The third kappa shape index (κ3) is 7.47. The highest BCUT2D eigenvalue weighted by Crippen LogP contribution is 2.19. The van der Waals surface area contributed by atoms with Gasteiger partial charge in [-0.25, -0.2) is 0 Å². The molecule has 0 saturated carbocycles. The smallest absolute Gasteiger partial charge is 0.382 e. The second-order valence-electron chi connectivity index (χ2n) is 3.73. The molecule has 0 heterocycles. The predicted molar refractivity (Wildman–Crippen MR) is 52.6 cm³/mol. The van der Waals surface area contributed by atoms with Crippen molar-refractivity contribution in [2.75, 3.05) is 6.54 Å². The molecule has 2 unspecified atom stereocenters. The van der Waals surface area contributed by atoms with Crippen LogP contribution in [0.1, 0.15) is 26.2 Å². The van der Waals surface area contributed by atoms with Crippen molar-refractivity contribution in [2.45, 2.75) is 44.5 Å². The highest BCUT2D eigenvalue weighted by Gasteiger charge is 2.38. The first-order chi connectivity index (χ1) is 7.23. The number of hydrogen-bond donors (Lipinski definition) is 3. The fraction of sp³-hybridized carbons (Fsp3) is 0.889. The molecule has 96 valence electrons. The molecule has 2 atom stereocenters. The van der Waals surface area contributed by atoms with E-state index < -0.39 is 24.7 Å². The number of carbonyl (C=O) groups excluding carboxylic acids is 1. The van der Waals surface area contributed by atoms with Crippen molar-refractivity contribution in [3.8, 4) is 0 Å². The predicted octanol–water partition coefficient (Wildman–Crippen LogP) is 0.543. The zero-order chi connectivity index (χ0) is 12.8. The van der Waals surface area contributed by atoms with Crippen molar-refractivity contribution in [1.82, 2.24) is 5.32 Å². The Morgan fingerprint density at radius 1 is 1.50 bits per heavy atom. The number of aliphatic hydroxyl groups is 1. The minimum Gasteiger partial charge on any atom is -0.382 e. The number of nitrogens with two attached hydrogens (primary N) is 1. The lowest BCUT2D eigenvalue weighted by Crippen LogP contribution is -2.40. The van der Waals surface area contributed by atoms with Gasteiger partial charge in [0.2, 0.25) is 5.91 Å². The number of nitrogens with one attached hydrogen (secondary N) is 1. The van der Waals surface area contributed by atoms with Gasteiger partial charge in [0.1, 0.15) is 0 Å². The van der Waals surface area contributed by atoms with Crippen LogP contribution in [0, 0.1) is 0 Å². The molecule has 0 fully saturated rings. The van der Waals surface area contributed by atoms with Crippen LogP contribution in [0.2, 0.25) is 0 Å². The Morgan fingerprint density at radius 3 is 2.50 bits per heavy atom. The maximum atomic E-state index is 11.8. The number of aliphatic hydroxyl groups excluding tert-OH is 1. The Balaban J connectivity index is 3.66. The topological polar surface area (TPSA) is 75.4 Å². The van der Waals surface area contributed by atoms with Gasteiger partial charge in [-0.3, -0.25) is 4.79 Å². The first kappa shape index (κ1) is 15.2. The molecule has 0 radical (unpaired) electrons. The number of carbonyl (C=O) groups is 1. The van der Waals surface area contributed by atoms with Crippen molar-refractivity contribution in [3.63, 3.8) is 0 Å². The van der Waals surface area contributed by atoms with Gasteiger partial charge in [-0.05, 0) is 19.8 Å². The third-order valence-corrected chi connectivity index (χ3v) is 1.93. The first-order valence-electron chi connectivity index (χ1n) is 5.00. The summed E-state index contributed by atoms with van der Waals surface area (Å²) in [6.07, 6.45) is -5.93. The largest absolute Gasteiger partial charge is 0.416 e. The van der Waals surface area contributed by atoms with E-state index in [2.05, 4.69) is 0 Å². The molecule has 1 amide bonds. The number of alkyl halides is 3. The van der Waals surface area contributed by atoms with E-state index in [4.69, 9.17) is 10.8 Å². The maximum Gasteiger partial charge on any atom is 0.416 e. The van der Waals surface area contributed by atoms with Gasteiger partial charge < -0.3 is 16.2 Å². The summed E-state index contributed by atoms with van der Waals surface area (Å²) in [5.41, 5.74) is 5.44. The Morgan fingerprint density at radius 2 is 2.06 bits per heavy atom. The minimum atomic E-state index is -4.70. The zero-order valence-corrected chi connectivity index (χ0v) is 9.05. The summed E-state index contributed by atoms with van der Waals surface area (Å²) >= 11 is 0. The Kier molecular flexibility index (Phi) is 6.35. The van der Waals surface area contributed by atoms with Crippen molar-refractivity contribution in [3.05, 3.63) is 0 Å². The van der Waals surface area contributed by atoms with Crippen LogP contribution in [-0.4, -0.2) is 35.9 Å². The van der Waals surface area contributed by atoms with Crippen LogP contribution in [0.5, 0.6) is 0 Å². The number of halogens is 3. The van der Waals surface area contributed by atoms with Crippen LogP contribution in [0.4, 0.5) is 13.2 Å². The van der Waals surface area contributed by atoms with Crippen LogP contribution in [0.15, 0.2) is 0 Å². The lowest BCUT2D eigenvalue weighted by atomic mass is 10.1. The third-order valence-electron chi connectivity index (χ3n) is 1.93. The summed E-state index contributed by atoms with van der Waals surface area (Å²) in [4.78, 5) is 11.0. The average Bonchev–Trinajstić information content (AvgIpc) is 2.11. The molecule has 0 aliphatic heterocycles. The molecule has 0 aliphatic carbocycles. The van der Waals surface area contributed by atoms with Gasteiger partial charge in [-0.1, -0.05) is 0 Å². The molecule has 7 heteroatoms. The average molecular weight is 242 g/mol. The molecule has 0 aromatic carbocycles. The lowest BCUT2D eigenvalue weighted by Gasteiger charge is -2.15. The fourth-order valence-corrected chi connectivity index (χ4v) is 0.999. The molecule has 0 aromatic rings. The number of rotatable bonds is 6. The van der Waals surface area contributed by atoms with Gasteiger partial charge in [0.25, 0.3) is 0 Å². The van der Waals surface area contributed by atoms with E-state index in [0.717, 1.165) is 0 Å². The van der Waals surface area contributed by atoms with Gasteiger partial charge in [0.15, 0.2) is 6.10 Å². The van der Waals surface area contributed by atoms with E-state index in [1.54, 1.807) is 6.92 Å². The van der Waals surface area contributed by atoms with Crippen molar-refractivity contribution < 1.29 is 23.1 Å². The summed E-state index contributed by atoms with van der Waals surface area (Å²) in [6.45, 7) is 0.978. The van der Waals surface area contributed by atoms with Crippen LogP contribution in [0.3, 0.4) is 0 Å². The minimum absolute atomic E-state index is 0.0337. The summed E-state index contributed by atoms with van der Waals surface area (Å²) in [6, 6.07) is -0.0337. The standard InChI is InChI=1S/C9H17F3N2O2/c1-6(13)3-2-4-8(16)14-5-7(15)9(10,11)12/h6-7,15H,2-5,13H2,1H3,(H,14,16). The van der Waals surface area contributed by atoms with Gasteiger partial charge in [0.05, 0.1) is 6.54 Å². The molecule has 16 heavy (non-hydrogen) atoms. The van der Waals surface area contributed by atoms with Gasteiger partial charge >= 0.3 is 6.18 Å². The molecule has 0 aliphatic rings. The van der Waals surface area contributed by atoms with Gasteiger partial charge in [-0.15, -0.1) is 0 Å². The normalized spacial score (nSPS) is 15.6. The van der Waals surface area contributed by atoms with Crippen LogP contribution < -0.4 is 11.1 Å². The van der Waals surface area contributed by atoms with Crippen molar-refractivity contribution >= 4 is 5.91 Å². The van der Waals surface area contributed by atoms with E-state index in [-0.39, 0.29) is 12.5 Å². The molecule has 0 saturated heterocycles. The highest BCUT2D eigenvalue weighted by atomic mass is 19.4. The summed E-state index contributed by atoms with van der Waals surface area (Å²) in [7, 11) is 0. The SMILES string of the molecule is CC(N)CCCC(=O)NCC(O)C(F)(F)F. The van der Waals surface area contributed by atoms with E-state index in [1.165, 1.54) is 0 Å². The summed E-state index contributed by atoms with van der Waals surface area (Å²) < 4.78 is 35.5. The summed E-state index contributed by atoms with van der Waals surface area (Å²) in [5, 5.41) is 10.6. The molecule has 0 aromatic heterocycles. The second-order valence-corrected chi connectivity index (χ2v) is 3.73. The Bertz CT molecular complexity index is 219. The summed E-state index contributed by atoms with van der Waals surface area (Å²) in [5.74, 6) is -0.510.